The van der Waals surface area contributed by atoms with E-state index in [-0.39, 0.29) is 18.9 Å². The minimum absolute atomic E-state index is 0.0816. The summed E-state index contributed by atoms with van der Waals surface area (Å²) in [4.78, 5) is 28.7. The fourth-order valence-corrected chi connectivity index (χ4v) is 2.28. The van der Waals surface area contributed by atoms with E-state index in [4.69, 9.17) is 5.11 Å². The molecule has 1 N–H and O–H groups in total. The van der Waals surface area contributed by atoms with Crippen molar-refractivity contribution in [3.8, 4) is 0 Å². The Morgan fingerprint density at radius 1 is 1.45 bits per heavy atom. The molecule has 0 radical (unpaired) electrons. The summed E-state index contributed by atoms with van der Waals surface area (Å²) < 4.78 is 2.54. The van der Waals surface area contributed by atoms with Crippen LogP contribution in [0.15, 0.2) is 22.8 Å². The van der Waals surface area contributed by atoms with E-state index >= 15 is 0 Å². The van der Waals surface area contributed by atoms with Crippen LogP contribution in [0.2, 0.25) is 0 Å². The van der Waals surface area contributed by atoms with E-state index in [1.807, 2.05) is 12.1 Å². The van der Waals surface area contributed by atoms with Crippen LogP contribution in [-0.4, -0.2) is 44.9 Å². The summed E-state index contributed by atoms with van der Waals surface area (Å²) in [6.07, 6.45) is 1.69. The van der Waals surface area contributed by atoms with Gasteiger partial charge in [-0.2, -0.15) is 0 Å². The monoisotopic (exact) mass is 339 g/mol. The summed E-state index contributed by atoms with van der Waals surface area (Å²) in [5.41, 5.74) is 1.75. The van der Waals surface area contributed by atoms with Crippen LogP contribution in [0.3, 0.4) is 0 Å². The minimum atomic E-state index is -0.928. The van der Waals surface area contributed by atoms with Gasteiger partial charge in [-0.3, -0.25) is 14.0 Å². The molecule has 0 aliphatic rings. The van der Waals surface area contributed by atoms with Crippen molar-refractivity contribution in [1.82, 2.24) is 14.3 Å². The van der Waals surface area contributed by atoms with E-state index in [1.165, 1.54) is 4.90 Å². The highest BCUT2D eigenvalue weighted by atomic mass is 79.9. The second-order valence-electron chi connectivity index (χ2n) is 4.49. The molecule has 0 atom stereocenters. The van der Waals surface area contributed by atoms with Gasteiger partial charge in [0.2, 0.25) is 0 Å². The number of nitrogens with zero attached hydrogens (tertiary/aromatic N) is 3. The molecular formula is C13H14BrN3O3. The molecule has 1 amide bonds. The van der Waals surface area contributed by atoms with E-state index < -0.39 is 5.97 Å². The van der Waals surface area contributed by atoms with Gasteiger partial charge in [0.05, 0.1) is 12.1 Å². The summed E-state index contributed by atoms with van der Waals surface area (Å²) in [7, 11) is 1.59. The Morgan fingerprint density at radius 3 is 2.80 bits per heavy atom. The number of aliphatic carboxylic acids is 1. The standard InChI is InChI=1S/C13H14BrN3O3/c1-8-12(13(20)16(2)6-5-11(18)19)17-7-9(14)3-4-10(17)15-8/h3-4,7H,5-6H2,1-2H3,(H,18,19). The molecule has 7 heteroatoms. The molecule has 0 unspecified atom stereocenters. The van der Waals surface area contributed by atoms with Crippen LogP contribution in [-0.2, 0) is 4.79 Å². The predicted octanol–water partition coefficient (Wildman–Crippen LogP) is 1.95. The normalized spacial score (nSPS) is 10.8. The Bertz CT molecular complexity index is 681. The average molecular weight is 340 g/mol. The number of hydrogen-bond donors (Lipinski definition) is 1. The Kier molecular flexibility index (Phi) is 4.08. The first-order chi connectivity index (χ1) is 9.40. The molecule has 106 valence electrons. The summed E-state index contributed by atoms with van der Waals surface area (Å²) >= 11 is 3.36. The molecule has 0 spiro atoms. The van der Waals surface area contributed by atoms with Crippen LogP contribution in [0.25, 0.3) is 5.65 Å². The van der Waals surface area contributed by atoms with Crippen LogP contribution in [0.1, 0.15) is 22.6 Å². The predicted molar refractivity (Wildman–Crippen MR) is 76.8 cm³/mol. The first-order valence-electron chi connectivity index (χ1n) is 6.01. The molecule has 6 nitrogen and oxygen atoms in total. The highest BCUT2D eigenvalue weighted by Gasteiger charge is 2.20. The molecular weight excluding hydrogens is 326 g/mol. The number of carbonyl (C=O) groups is 2. The maximum absolute atomic E-state index is 12.4. The fourth-order valence-electron chi connectivity index (χ4n) is 1.94. The molecule has 2 heterocycles. The Morgan fingerprint density at radius 2 is 2.15 bits per heavy atom. The van der Waals surface area contributed by atoms with Crippen LogP contribution in [0.4, 0.5) is 0 Å². The van der Waals surface area contributed by atoms with Crippen molar-refractivity contribution >= 4 is 33.5 Å². The van der Waals surface area contributed by atoms with E-state index in [0.29, 0.717) is 17.0 Å². The second kappa shape index (κ2) is 5.62. The van der Waals surface area contributed by atoms with Crippen molar-refractivity contribution < 1.29 is 14.7 Å². The quantitative estimate of drug-likeness (QED) is 0.923. The third-order valence-corrected chi connectivity index (χ3v) is 3.44. The second-order valence-corrected chi connectivity index (χ2v) is 5.41. The molecule has 0 aromatic carbocycles. The molecule has 0 aliphatic heterocycles. The zero-order valence-electron chi connectivity index (χ0n) is 11.1. The molecule has 0 aliphatic carbocycles. The third kappa shape index (κ3) is 2.82. The molecule has 2 rings (SSSR count). The summed E-state index contributed by atoms with van der Waals surface area (Å²) in [6, 6.07) is 3.66. The zero-order chi connectivity index (χ0) is 14.9. The lowest BCUT2D eigenvalue weighted by molar-refractivity contribution is -0.137. The molecule has 0 saturated heterocycles. The lowest BCUT2D eigenvalue weighted by atomic mass is 10.3. The van der Waals surface area contributed by atoms with Gasteiger partial charge in [-0.1, -0.05) is 0 Å². The van der Waals surface area contributed by atoms with Crippen LogP contribution in [0.5, 0.6) is 0 Å². The third-order valence-electron chi connectivity index (χ3n) is 2.97. The number of carbonyl (C=O) groups excluding carboxylic acids is 1. The average Bonchev–Trinajstić information content (AvgIpc) is 2.70. The molecule has 0 bridgehead atoms. The number of aryl methyl sites for hydroxylation is 1. The topological polar surface area (TPSA) is 74.9 Å². The number of pyridine rings is 1. The summed E-state index contributed by atoms with van der Waals surface area (Å²) in [5, 5.41) is 8.68. The van der Waals surface area contributed by atoms with Crippen molar-refractivity contribution in [2.75, 3.05) is 13.6 Å². The van der Waals surface area contributed by atoms with Gasteiger partial charge in [0.15, 0.2) is 0 Å². The Hall–Kier alpha value is -1.89. The molecule has 0 saturated carbocycles. The highest BCUT2D eigenvalue weighted by molar-refractivity contribution is 9.10. The SMILES string of the molecule is Cc1nc2ccc(Br)cn2c1C(=O)N(C)CCC(=O)O. The number of halogens is 1. The van der Waals surface area contributed by atoms with Crippen molar-refractivity contribution in [1.29, 1.82) is 0 Å². The lowest BCUT2D eigenvalue weighted by Crippen LogP contribution is -2.30. The van der Waals surface area contributed by atoms with Gasteiger partial charge in [0.1, 0.15) is 11.3 Å². The number of imidazole rings is 1. The smallest absolute Gasteiger partial charge is 0.305 e. The number of hydrogen-bond acceptors (Lipinski definition) is 3. The number of aromatic nitrogens is 2. The Balaban J connectivity index is 2.36. The van der Waals surface area contributed by atoms with Gasteiger partial charge in [-0.15, -0.1) is 0 Å². The van der Waals surface area contributed by atoms with Crippen molar-refractivity contribution in [3.63, 3.8) is 0 Å². The molecule has 0 fully saturated rings. The molecule has 2 aromatic rings. The maximum atomic E-state index is 12.4. The fraction of sp³-hybridized carbons (Fsp3) is 0.308. The first-order valence-corrected chi connectivity index (χ1v) is 6.81. The summed E-state index contributed by atoms with van der Waals surface area (Å²) in [5.74, 6) is -1.17. The number of carboxylic acids is 1. The molecule has 20 heavy (non-hydrogen) atoms. The van der Waals surface area contributed by atoms with Crippen molar-refractivity contribution in [2.45, 2.75) is 13.3 Å². The first kappa shape index (κ1) is 14.5. The van der Waals surface area contributed by atoms with Gasteiger partial charge >= 0.3 is 5.97 Å². The van der Waals surface area contributed by atoms with Crippen LogP contribution < -0.4 is 0 Å². The number of rotatable bonds is 4. The van der Waals surface area contributed by atoms with E-state index in [2.05, 4.69) is 20.9 Å². The number of fused-ring (bicyclic) bond motifs is 1. The van der Waals surface area contributed by atoms with Crippen LogP contribution >= 0.6 is 15.9 Å². The van der Waals surface area contributed by atoms with Gasteiger partial charge in [0.25, 0.3) is 5.91 Å². The van der Waals surface area contributed by atoms with E-state index in [9.17, 15) is 9.59 Å². The largest absolute Gasteiger partial charge is 0.481 e. The van der Waals surface area contributed by atoms with Gasteiger partial charge in [-0.05, 0) is 35.0 Å². The minimum Gasteiger partial charge on any atom is -0.481 e. The number of amides is 1. The van der Waals surface area contributed by atoms with Crippen molar-refractivity contribution in [2.24, 2.45) is 0 Å². The zero-order valence-corrected chi connectivity index (χ0v) is 12.7. The van der Waals surface area contributed by atoms with Gasteiger partial charge in [-0.25, -0.2) is 4.98 Å². The highest BCUT2D eigenvalue weighted by Crippen LogP contribution is 2.18. The van der Waals surface area contributed by atoms with E-state index in [0.717, 1.165) is 4.47 Å². The number of carboxylic acid groups (broad SMARTS) is 1. The Labute approximate surface area is 124 Å². The summed E-state index contributed by atoms with van der Waals surface area (Å²) in [6.45, 7) is 1.92. The van der Waals surface area contributed by atoms with E-state index in [1.54, 1.807) is 24.6 Å². The molecule has 2 aromatic heterocycles. The van der Waals surface area contributed by atoms with Crippen molar-refractivity contribution in [3.05, 3.63) is 34.2 Å². The van der Waals surface area contributed by atoms with Gasteiger partial charge in [0, 0.05) is 24.3 Å². The van der Waals surface area contributed by atoms with Crippen LogP contribution in [0, 0.1) is 6.92 Å². The lowest BCUT2D eigenvalue weighted by Gasteiger charge is -2.16. The van der Waals surface area contributed by atoms with Gasteiger partial charge < -0.3 is 10.0 Å². The maximum Gasteiger partial charge on any atom is 0.305 e.